The highest BCUT2D eigenvalue weighted by molar-refractivity contribution is 5.44. The largest absolute Gasteiger partial charge is 1.00 e. The Hall–Kier alpha value is -1.96. The van der Waals surface area contributed by atoms with Crippen molar-refractivity contribution in [1.29, 1.82) is 0 Å². The Morgan fingerprint density at radius 1 is 0.434 bits per heavy atom. The summed E-state index contributed by atoms with van der Waals surface area (Å²) in [5.74, 6) is 1.79. The lowest BCUT2D eigenvalue weighted by Crippen LogP contribution is -3.00. The lowest BCUT2D eigenvalue weighted by molar-refractivity contribution is -0.890. The average molecular weight is 803 g/mol. The molecule has 0 unspecified atom stereocenters. The molecule has 0 radical (unpaired) electrons. The highest BCUT2D eigenvalue weighted by Gasteiger charge is 2.12. The Morgan fingerprint density at radius 2 is 0.736 bits per heavy atom. The van der Waals surface area contributed by atoms with Crippen molar-refractivity contribution < 1.29 is 36.0 Å². The fraction of sp³-hybridized carbons (Fsp3) is 0.739. The molecule has 0 aliphatic rings. The van der Waals surface area contributed by atoms with Crippen LogP contribution in [0.15, 0.2) is 58.8 Å². The van der Waals surface area contributed by atoms with E-state index in [9.17, 15) is 0 Å². The van der Waals surface area contributed by atoms with Crippen molar-refractivity contribution in [2.24, 2.45) is 10.2 Å². The van der Waals surface area contributed by atoms with Crippen molar-refractivity contribution in [3.8, 4) is 11.5 Å². The Balaban J connectivity index is 0.0000140. The van der Waals surface area contributed by atoms with Gasteiger partial charge in [-0.05, 0) is 74.2 Å². The smallest absolute Gasteiger partial charge is 0.119 e. The third-order valence-corrected chi connectivity index (χ3v) is 10.4. The van der Waals surface area contributed by atoms with Gasteiger partial charge in [0.05, 0.1) is 51.8 Å². The first-order valence-corrected chi connectivity index (χ1v) is 21.8. The van der Waals surface area contributed by atoms with Crippen LogP contribution < -0.4 is 26.5 Å². The van der Waals surface area contributed by atoms with Crippen LogP contribution in [0.5, 0.6) is 11.5 Å². The minimum atomic E-state index is 0. The van der Waals surface area contributed by atoms with Crippen LogP contribution in [0.2, 0.25) is 0 Å². The summed E-state index contributed by atoms with van der Waals surface area (Å²) in [5.41, 5.74) is 1.64. The molecular formula is C46H80BrN3O3. The molecule has 0 spiro atoms. The minimum Gasteiger partial charge on any atom is -1.00 e. The molecular weight excluding hydrogens is 722 g/mol. The molecule has 0 fully saturated rings. The minimum absolute atomic E-state index is 0. The zero-order valence-electron chi connectivity index (χ0n) is 34.5. The van der Waals surface area contributed by atoms with Gasteiger partial charge in [-0.1, -0.05) is 148 Å². The van der Waals surface area contributed by atoms with E-state index in [2.05, 4.69) is 31.2 Å². The summed E-state index contributed by atoms with van der Waals surface area (Å²) in [7, 11) is 4.42. The number of rotatable bonds is 36. The van der Waals surface area contributed by atoms with Gasteiger partial charge in [0.2, 0.25) is 0 Å². The van der Waals surface area contributed by atoms with Gasteiger partial charge in [-0.25, -0.2) is 0 Å². The highest BCUT2D eigenvalue weighted by atomic mass is 79.9. The van der Waals surface area contributed by atoms with E-state index in [1.165, 1.54) is 161 Å². The van der Waals surface area contributed by atoms with Gasteiger partial charge in [0.25, 0.3) is 0 Å². The SMILES string of the molecule is CCCCCCCCCCCCCCCCCCOc1ccc(N=Nc2ccc(OCCCCCCCCCCCC[N+](C)(C)CCO)cc2)cc1.[Br-]. The predicted octanol–water partition coefficient (Wildman–Crippen LogP) is 11.1. The van der Waals surface area contributed by atoms with Crippen LogP contribution in [-0.4, -0.2) is 56.6 Å². The number of unbranched alkanes of at least 4 members (excludes halogenated alkanes) is 24. The monoisotopic (exact) mass is 802 g/mol. The molecule has 0 amide bonds. The second-order valence-corrected chi connectivity index (χ2v) is 15.8. The molecule has 2 aromatic rings. The second-order valence-electron chi connectivity index (χ2n) is 15.8. The summed E-state index contributed by atoms with van der Waals surface area (Å²) < 4.78 is 12.9. The zero-order valence-corrected chi connectivity index (χ0v) is 36.1. The summed E-state index contributed by atoms with van der Waals surface area (Å²) in [5, 5.41) is 17.9. The molecule has 2 aromatic carbocycles. The number of hydrogen-bond acceptors (Lipinski definition) is 5. The van der Waals surface area contributed by atoms with Crippen molar-refractivity contribution in [2.45, 2.75) is 174 Å². The van der Waals surface area contributed by atoms with Gasteiger partial charge in [-0.3, -0.25) is 0 Å². The molecule has 0 atom stereocenters. The molecule has 7 heteroatoms. The number of aliphatic hydroxyl groups excluding tert-OH is 1. The van der Waals surface area contributed by atoms with Crippen LogP contribution in [0, 0.1) is 0 Å². The molecule has 2 rings (SSSR count). The van der Waals surface area contributed by atoms with E-state index in [-0.39, 0.29) is 23.6 Å². The van der Waals surface area contributed by atoms with Crippen molar-refractivity contribution in [2.75, 3.05) is 47.0 Å². The third-order valence-electron chi connectivity index (χ3n) is 10.4. The number of likely N-dealkylation sites (N-methyl/N-ethyl adjacent to an activating group) is 1. The number of quaternary nitrogens is 1. The van der Waals surface area contributed by atoms with Gasteiger partial charge in [-0.15, -0.1) is 0 Å². The van der Waals surface area contributed by atoms with Crippen LogP contribution in [-0.2, 0) is 0 Å². The van der Waals surface area contributed by atoms with Crippen LogP contribution in [0.3, 0.4) is 0 Å². The van der Waals surface area contributed by atoms with Crippen LogP contribution in [0.25, 0.3) is 0 Å². The molecule has 0 aliphatic heterocycles. The molecule has 0 bridgehead atoms. The van der Waals surface area contributed by atoms with E-state index in [1.807, 2.05) is 48.5 Å². The Morgan fingerprint density at radius 3 is 1.06 bits per heavy atom. The predicted molar refractivity (Wildman–Crippen MR) is 223 cm³/mol. The van der Waals surface area contributed by atoms with Crippen LogP contribution in [0.1, 0.15) is 174 Å². The molecule has 0 aliphatic carbocycles. The van der Waals surface area contributed by atoms with Crippen molar-refractivity contribution in [3.05, 3.63) is 48.5 Å². The number of halogens is 1. The van der Waals surface area contributed by atoms with Crippen molar-refractivity contribution in [1.82, 2.24) is 0 Å². The van der Waals surface area contributed by atoms with Gasteiger partial charge in [-0.2, -0.15) is 10.2 Å². The molecule has 0 saturated heterocycles. The van der Waals surface area contributed by atoms with E-state index >= 15 is 0 Å². The summed E-state index contributed by atoms with van der Waals surface area (Å²) in [4.78, 5) is 0. The van der Waals surface area contributed by atoms with Crippen LogP contribution in [0.4, 0.5) is 11.4 Å². The van der Waals surface area contributed by atoms with Crippen LogP contribution >= 0.6 is 0 Å². The normalized spacial score (nSPS) is 11.6. The van der Waals surface area contributed by atoms with E-state index in [1.54, 1.807) is 0 Å². The molecule has 304 valence electrons. The number of hydrogen-bond donors (Lipinski definition) is 1. The van der Waals surface area contributed by atoms with Gasteiger partial charge in [0.1, 0.15) is 18.0 Å². The fourth-order valence-electron chi connectivity index (χ4n) is 6.80. The summed E-state index contributed by atoms with van der Waals surface area (Å²) in [6, 6.07) is 15.8. The Bertz CT molecular complexity index is 1090. The maximum atomic E-state index is 9.14. The molecule has 0 heterocycles. The van der Waals surface area contributed by atoms with Gasteiger partial charge in [0, 0.05) is 0 Å². The topological polar surface area (TPSA) is 63.4 Å². The van der Waals surface area contributed by atoms with Gasteiger partial charge in [0.15, 0.2) is 0 Å². The fourth-order valence-corrected chi connectivity index (χ4v) is 6.80. The average Bonchev–Trinajstić information content (AvgIpc) is 3.15. The Labute approximate surface area is 337 Å². The highest BCUT2D eigenvalue weighted by Crippen LogP contribution is 2.24. The maximum Gasteiger partial charge on any atom is 0.119 e. The first kappa shape index (κ1) is 49.1. The zero-order chi connectivity index (χ0) is 37.2. The van der Waals surface area contributed by atoms with E-state index in [0.29, 0.717) is 0 Å². The standard InChI is InChI=1S/C46H80N3O3.BrH/c1-4-5-6-7-8-9-10-11-12-13-14-16-19-22-25-28-41-51-45-34-30-43(31-35-45)47-48-44-32-36-46(37-33-44)52-42-29-26-23-20-17-15-18-21-24-27-38-49(2,3)39-40-50;/h30-37,50H,4-29,38-42H2,1-3H3;1H/q+1;/p-1. The molecule has 6 nitrogen and oxygen atoms in total. The summed E-state index contributed by atoms with van der Waals surface area (Å²) in [6.07, 6.45) is 35.1. The molecule has 53 heavy (non-hydrogen) atoms. The Kier molecular flexibility index (Phi) is 32.0. The number of ether oxygens (including phenoxy) is 2. The number of benzene rings is 2. The quantitative estimate of drug-likeness (QED) is 0.0424. The van der Waals surface area contributed by atoms with E-state index in [4.69, 9.17) is 14.6 Å². The number of aliphatic hydroxyl groups is 1. The summed E-state index contributed by atoms with van der Waals surface area (Å²) in [6.45, 7) is 6.15. The first-order chi connectivity index (χ1) is 25.5. The maximum absolute atomic E-state index is 9.14. The first-order valence-electron chi connectivity index (χ1n) is 21.8. The number of azo groups is 1. The third kappa shape index (κ3) is 29.1. The molecule has 0 saturated carbocycles. The molecule has 1 N–H and O–H groups in total. The lowest BCUT2D eigenvalue weighted by atomic mass is 10.0. The number of nitrogens with zero attached hydrogens (tertiary/aromatic N) is 3. The molecule has 0 aromatic heterocycles. The van der Waals surface area contributed by atoms with E-state index in [0.717, 1.165) is 60.0 Å². The van der Waals surface area contributed by atoms with Crippen molar-refractivity contribution >= 4 is 11.4 Å². The van der Waals surface area contributed by atoms with Gasteiger partial charge < -0.3 is 36.0 Å². The summed E-state index contributed by atoms with van der Waals surface area (Å²) >= 11 is 0. The lowest BCUT2D eigenvalue weighted by Gasteiger charge is -2.28. The second kappa shape index (κ2) is 34.5. The van der Waals surface area contributed by atoms with E-state index < -0.39 is 0 Å². The van der Waals surface area contributed by atoms with Gasteiger partial charge >= 0.3 is 0 Å². The van der Waals surface area contributed by atoms with Crippen molar-refractivity contribution in [3.63, 3.8) is 0 Å².